The second-order valence-corrected chi connectivity index (χ2v) is 6.56. The molecule has 0 spiro atoms. The highest BCUT2D eigenvalue weighted by Crippen LogP contribution is 2.17. The average Bonchev–Trinajstić information content (AvgIpc) is 2.56. The van der Waals surface area contributed by atoms with Crippen molar-refractivity contribution in [1.82, 2.24) is 9.97 Å². The summed E-state index contributed by atoms with van der Waals surface area (Å²) in [5.41, 5.74) is -0.435. The molecule has 2 heterocycles. The normalized spacial score (nSPS) is 10.2. The molecule has 0 aliphatic rings. The summed E-state index contributed by atoms with van der Waals surface area (Å²) in [5, 5.41) is 0. The van der Waals surface area contributed by atoms with Crippen LogP contribution >= 0.6 is 54.5 Å². The molecule has 0 unspecified atom stereocenters. The van der Waals surface area contributed by atoms with Crippen molar-refractivity contribution in [3.63, 3.8) is 0 Å². The van der Waals surface area contributed by atoms with Gasteiger partial charge in [-0.25, -0.2) is 0 Å². The molecule has 0 radical (unpaired) electrons. The Morgan fingerprint density at radius 3 is 2.08 bits per heavy atom. The van der Waals surface area contributed by atoms with Crippen LogP contribution in [0.15, 0.2) is 38.0 Å². The molecule has 26 heavy (non-hydrogen) atoms. The molecular formula is C14H12Br2F5IN2O2. The van der Waals surface area contributed by atoms with E-state index in [-0.39, 0.29) is 4.47 Å². The number of H-pyrrole nitrogens is 1. The molecule has 4 nitrogen and oxygen atoms in total. The zero-order valence-corrected chi connectivity index (χ0v) is 18.3. The van der Waals surface area contributed by atoms with E-state index in [1.807, 2.05) is 11.9 Å². The van der Waals surface area contributed by atoms with Crippen LogP contribution in [0.25, 0.3) is 0 Å². The van der Waals surface area contributed by atoms with Crippen LogP contribution in [-0.4, -0.2) is 27.2 Å². The Balaban J connectivity index is 0.000000378. The molecular weight excluding hydrogens is 610 g/mol. The molecule has 1 N–H and O–H groups in total. The molecule has 12 heteroatoms. The molecule has 0 atom stereocenters. The van der Waals surface area contributed by atoms with Gasteiger partial charge < -0.3 is 4.74 Å². The Labute approximate surface area is 175 Å². The van der Waals surface area contributed by atoms with Crippen molar-refractivity contribution in [3.05, 3.63) is 55.5 Å². The van der Waals surface area contributed by atoms with Gasteiger partial charge in [-0.2, -0.15) is 26.9 Å². The van der Waals surface area contributed by atoms with Gasteiger partial charge in [0.1, 0.15) is 0 Å². The molecule has 2 aromatic rings. The van der Waals surface area contributed by atoms with Crippen LogP contribution in [-0.2, 0) is 0 Å². The largest absolute Gasteiger partial charge is 0.478 e. The molecule has 146 valence electrons. The monoisotopic (exact) mass is 620 g/mol. The first-order valence-electron chi connectivity index (χ1n) is 6.62. The predicted molar refractivity (Wildman–Crippen MR) is 103 cm³/mol. The van der Waals surface area contributed by atoms with Gasteiger partial charge in [0.2, 0.25) is 23.3 Å². The fourth-order valence-electron chi connectivity index (χ4n) is 1.06. The van der Waals surface area contributed by atoms with E-state index >= 15 is 0 Å². The Morgan fingerprint density at radius 1 is 1.15 bits per heavy atom. The molecule has 2 rings (SSSR count). The highest BCUT2D eigenvalue weighted by atomic mass is 127. The standard InChI is InChI=1S/C7H7BrFNO.C5H3BrFNO.C2H2F3I/c1-2-11-6-4-3-5(8)7(9)10-6;6-3-1-2-4(9)8-5(3)7;3-2(4,5)1-6/h3-4H,2H2,1H3;1-2H,(H,8,9);1H2. The highest BCUT2D eigenvalue weighted by Gasteiger charge is 2.23. The molecule has 0 fully saturated rings. The van der Waals surface area contributed by atoms with Gasteiger partial charge in [-0.15, -0.1) is 0 Å². The van der Waals surface area contributed by atoms with Crippen molar-refractivity contribution >= 4 is 54.5 Å². The predicted octanol–water partition coefficient (Wildman–Crippen LogP) is 5.64. The fraction of sp³-hybridized carbons (Fsp3) is 0.286. The van der Waals surface area contributed by atoms with E-state index in [2.05, 4.69) is 36.8 Å². The van der Waals surface area contributed by atoms with Crippen molar-refractivity contribution in [3.8, 4) is 5.88 Å². The van der Waals surface area contributed by atoms with Crippen molar-refractivity contribution in [2.45, 2.75) is 13.1 Å². The summed E-state index contributed by atoms with van der Waals surface area (Å²) in [5.74, 6) is -0.869. The van der Waals surface area contributed by atoms with Gasteiger partial charge in [-0.1, -0.05) is 22.6 Å². The molecule has 0 amide bonds. The average molecular weight is 622 g/mol. The summed E-state index contributed by atoms with van der Waals surface area (Å²) in [4.78, 5) is 15.8. The molecule has 0 aliphatic heterocycles. The maximum absolute atomic E-state index is 12.7. The third-order valence-corrected chi connectivity index (χ3v) is 4.11. The van der Waals surface area contributed by atoms with Crippen LogP contribution in [0.4, 0.5) is 22.0 Å². The lowest BCUT2D eigenvalue weighted by Crippen LogP contribution is -2.07. The summed E-state index contributed by atoms with van der Waals surface area (Å²) in [6.07, 6.45) is -3.97. The van der Waals surface area contributed by atoms with Gasteiger partial charge in [0.25, 0.3) is 0 Å². The Hall–Kier alpha value is -0.760. The Kier molecular flexibility index (Phi) is 12.2. The van der Waals surface area contributed by atoms with E-state index in [9.17, 15) is 26.7 Å². The van der Waals surface area contributed by atoms with Crippen LogP contribution < -0.4 is 10.3 Å². The quantitative estimate of drug-likeness (QED) is 0.204. The summed E-state index contributed by atoms with van der Waals surface area (Å²) in [6, 6.07) is 5.77. The lowest BCUT2D eigenvalue weighted by atomic mass is 10.5. The van der Waals surface area contributed by atoms with Gasteiger partial charge in [0.15, 0.2) is 0 Å². The van der Waals surface area contributed by atoms with E-state index in [1.54, 1.807) is 12.1 Å². The molecule has 0 saturated heterocycles. The van der Waals surface area contributed by atoms with Crippen molar-refractivity contribution in [2.24, 2.45) is 0 Å². The SMILES string of the molecule is CCOc1ccc(Br)c(F)n1.FC(F)(F)CI.O=c1ccc(Br)c(F)[nH]1. The molecule has 0 bridgehead atoms. The number of ether oxygens (including phenoxy) is 1. The number of pyridine rings is 2. The number of hydrogen-bond donors (Lipinski definition) is 1. The maximum atomic E-state index is 12.7. The topological polar surface area (TPSA) is 55.0 Å². The Bertz CT molecular complexity index is 744. The van der Waals surface area contributed by atoms with Crippen LogP contribution in [0.3, 0.4) is 0 Å². The molecule has 0 saturated carbocycles. The second-order valence-electron chi connectivity index (χ2n) is 4.09. The number of aromatic nitrogens is 2. The van der Waals surface area contributed by atoms with E-state index in [4.69, 9.17) is 4.74 Å². The van der Waals surface area contributed by atoms with Crippen LogP contribution in [0, 0.1) is 11.9 Å². The van der Waals surface area contributed by atoms with E-state index < -0.39 is 28.1 Å². The fourth-order valence-corrected chi connectivity index (χ4v) is 1.51. The minimum atomic E-state index is -3.97. The van der Waals surface area contributed by atoms with Gasteiger partial charge in [-0.3, -0.25) is 9.78 Å². The summed E-state index contributed by atoms with van der Waals surface area (Å²) in [6.45, 7) is 2.32. The van der Waals surface area contributed by atoms with Gasteiger partial charge in [0.05, 0.1) is 20.0 Å². The third-order valence-electron chi connectivity index (χ3n) is 2.05. The van der Waals surface area contributed by atoms with Crippen molar-refractivity contribution < 1.29 is 26.7 Å². The summed E-state index contributed by atoms with van der Waals surface area (Å²) >= 11 is 7.14. The Morgan fingerprint density at radius 2 is 1.69 bits per heavy atom. The minimum absolute atomic E-state index is 0.266. The number of halogens is 8. The van der Waals surface area contributed by atoms with Crippen molar-refractivity contribution in [1.29, 1.82) is 0 Å². The molecule has 0 aliphatic carbocycles. The van der Waals surface area contributed by atoms with Crippen LogP contribution in [0.2, 0.25) is 0 Å². The van der Waals surface area contributed by atoms with E-state index in [0.717, 1.165) is 0 Å². The first kappa shape index (κ1) is 25.2. The number of aromatic amines is 1. The highest BCUT2D eigenvalue weighted by molar-refractivity contribution is 14.1. The van der Waals surface area contributed by atoms with Gasteiger partial charge in [0, 0.05) is 12.1 Å². The first-order chi connectivity index (χ1) is 12.0. The number of hydrogen-bond acceptors (Lipinski definition) is 3. The van der Waals surface area contributed by atoms with E-state index in [0.29, 0.717) is 17.0 Å². The number of nitrogens with one attached hydrogen (secondary N) is 1. The second kappa shape index (κ2) is 12.6. The van der Waals surface area contributed by atoms with Gasteiger partial charge in [-0.05, 0) is 50.9 Å². The third kappa shape index (κ3) is 11.8. The van der Waals surface area contributed by atoms with Crippen molar-refractivity contribution in [2.75, 3.05) is 11.0 Å². The zero-order chi connectivity index (χ0) is 20.3. The van der Waals surface area contributed by atoms with Gasteiger partial charge >= 0.3 is 6.18 Å². The number of nitrogens with zero attached hydrogens (tertiary/aromatic N) is 1. The smallest absolute Gasteiger partial charge is 0.397 e. The van der Waals surface area contributed by atoms with E-state index in [1.165, 1.54) is 34.7 Å². The lowest BCUT2D eigenvalue weighted by Gasteiger charge is -2.00. The minimum Gasteiger partial charge on any atom is -0.478 e. The zero-order valence-electron chi connectivity index (χ0n) is 13.0. The number of alkyl halides is 4. The molecule has 0 aromatic carbocycles. The van der Waals surface area contributed by atoms with Crippen LogP contribution in [0.1, 0.15) is 6.92 Å². The summed E-state index contributed by atoms with van der Waals surface area (Å²) in [7, 11) is 0. The number of rotatable bonds is 2. The van der Waals surface area contributed by atoms with Crippen LogP contribution in [0.5, 0.6) is 5.88 Å². The molecule has 2 aromatic heterocycles. The maximum Gasteiger partial charge on any atom is 0.397 e. The first-order valence-corrected chi connectivity index (χ1v) is 9.73. The summed E-state index contributed by atoms with van der Waals surface area (Å²) < 4.78 is 62.1. The lowest BCUT2D eigenvalue weighted by molar-refractivity contribution is -0.102.